The maximum Gasteiger partial charge on any atom is 0.228 e. The summed E-state index contributed by atoms with van der Waals surface area (Å²) in [6, 6.07) is 15.9. The summed E-state index contributed by atoms with van der Waals surface area (Å²) in [5.74, 6) is 0.0319. The van der Waals surface area contributed by atoms with E-state index in [9.17, 15) is 9.59 Å². The maximum atomic E-state index is 13.8. The first-order chi connectivity index (χ1) is 16.6. The van der Waals surface area contributed by atoms with Crippen molar-refractivity contribution in [1.82, 2.24) is 14.8 Å². The van der Waals surface area contributed by atoms with Gasteiger partial charge in [0.15, 0.2) is 0 Å². The van der Waals surface area contributed by atoms with Crippen LogP contribution in [0.4, 0.5) is 5.69 Å². The van der Waals surface area contributed by atoms with Crippen LogP contribution in [0.2, 0.25) is 0 Å². The number of aryl methyl sites for hydroxylation is 1. The average Bonchev–Trinajstić information content (AvgIpc) is 3.40. The Labute approximate surface area is 204 Å². The average molecular weight is 475 g/mol. The van der Waals surface area contributed by atoms with E-state index >= 15 is 0 Å². The van der Waals surface area contributed by atoms with Crippen LogP contribution in [0.25, 0.3) is 0 Å². The number of anilines is 1. The van der Waals surface area contributed by atoms with Crippen LogP contribution in [-0.2, 0) is 16.1 Å². The van der Waals surface area contributed by atoms with Crippen molar-refractivity contribution >= 4 is 28.8 Å². The van der Waals surface area contributed by atoms with Crippen LogP contribution >= 0.6 is 11.3 Å². The fourth-order valence-corrected chi connectivity index (χ4v) is 5.93. The van der Waals surface area contributed by atoms with Crippen molar-refractivity contribution in [2.75, 3.05) is 31.1 Å². The van der Waals surface area contributed by atoms with E-state index in [1.165, 1.54) is 5.56 Å². The third kappa shape index (κ3) is 4.76. The van der Waals surface area contributed by atoms with Gasteiger partial charge in [-0.25, -0.2) is 0 Å². The number of hydrogen-bond acceptors (Lipinski definition) is 5. The molecule has 0 spiro atoms. The number of pyridine rings is 1. The molecule has 34 heavy (non-hydrogen) atoms. The number of carbonyl (C=O) groups is 2. The molecule has 2 aliphatic heterocycles. The molecule has 0 aliphatic carbocycles. The van der Waals surface area contributed by atoms with Crippen molar-refractivity contribution in [1.29, 1.82) is 0 Å². The Morgan fingerprint density at radius 2 is 1.76 bits per heavy atom. The lowest BCUT2D eigenvalue weighted by atomic mass is 9.85. The predicted octanol–water partition coefficient (Wildman–Crippen LogP) is 4.28. The number of carbonyl (C=O) groups excluding carboxylic acids is 2. The monoisotopic (exact) mass is 474 g/mol. The molecular weight excluding hydrogens is 444 g/mol. The van der Waals surface area contributed by atoms with E-state index in [1.54, 1.807) is 11.3 Å². The fourth-order valence-electron chi connectivity index (χ4n) is 5.05. The zero-order valence-electron chi connectivity index (χ0n) is 19.5. The number of amides is 2. The first-order valence-corrected chi connectivity index (χ1v) is 12.8. The molecule has 0 saturated carbocycles. The third-order valence-corrected chi connectivity index (χ3v) is 7.84. The van der Waals surface area contributed by atoms with E-state index in [0.717, 1.165) is 48.9 Å². The van der Waals surface area contributed by atoms with Crippen molar-refractivity contribution in [3.05, 3.63) is 82.3 Å². The van der Waals surface area contributed by atoms with Gasteiger partial charge in [-0.3, -0.25) is 19.5 Å². The molecule has 0 radical (unpaired) electrons. The van der Waals surface area contributed by atoms with Gasteiger partial charge in [0.2, 0.25) is 11.8 Å². The van der Waals surface area contributed by atoms with E-state index in [4.69, 9.17) is 0 Å². The molecule has 2 fully saturated rings. The highest BCUT2D eigenvalue weighted by molar-refractivity contribution is 7.10. The molecule has 2 atom stereocenters. The van der Waals surface area contributed by atoms with Gasteiger partial charge in [-0.15, -0.1) is 11.3 Å². The lowest BCUT2D eigenvalue weighted by Crippen LogP contribution is -2.53. The highest BCUT2D eigenvalue weighted by Crippen LogP contribution is 2.42. The SMILES string of the molecule is Cc1ccc(N2C(=O)CCC(C(=O)N3CCN(Cc4ccncc4)CC3)C2c2cccs2)cc1. The van der Waals surface area contributed by atoms with Crippen molar-refractivity contribution < 1.29 is 9.59 Å². The van der Waals surface area contributed by atoms with Crippen LogP contribution < -0.4 is 4.90 Å². The maximum absolute atomic E-state index is 13.8. The predicted molar refractivity (Wildman–Crippen MR) is 135 cm³/mol. The van der Waals surface area contributed by atoms with Crippen LogP contribution in [-0.4, -0.2) is 52.8 Å². The van der Waals surface area contributed by atoms with E-state index < -0.39 is 0 Å². The van der Waals surface area contributed by atoms with Crippen molar-refractivity contribution in [3.8, 4) is 0 Å². The second kappa shape index (κ2) is 10.1. The minimum atomic E-state index is -0.258. The Morgan fingerprint density at radius 3 is 2.44 bits per heavy atom. The Hall–Kier alpha value is -3.03. The Balaban J connectivity index is 1.34. The molecular formula is C27H30N4O2S. The molecule has 5 rings (SSSR count). The molecule has 1 aromatic carbocycles. The normalized spacial score (nSPS) is 21.6. The number of piperazine rings is 1. The third-order valence-electron chi connectivity index (χ3n) is 6.90. The van der Waals surface area contributed by atoms with Gasteiger partial charge in [-0.05, 0) is 54.6 Å². The highest BCUT2D eigenvalue weighted by atomic mass is 32.1. The first-order valence-electron chi connectivity index (χ1n) is 11.9. The number of piperidine rings is 1. The summed E-state index contributed by atoms with van der Waals surface area (Å²) in [5.41, 5.74) is 3.26. The van der Waals surface area contributed by atoms with E-state index in [-0.39, 0.29) is 23.8 Å². The molecule has 4 heterocycles. The van der Waals surface area contributed by atoms with Crippen LogP contribution in [0.15, 0.2) is 66.3 Å². The molecule has 2 unspecified atom stereocenters. The van der Waals surface area contributed by atoms with Gasteiger partial charge in [0.1, 0.15) is 0 Å². The van der Waals surface area contributed by atoms with Crippen molar-refractivity contribution in [2.24, 2.45) is 5.92 Å². The van der Waals surface area contributed by atoms with E-state index in [2.05, 4.69) is 16.0 Å². The van der Waals surface area contributed by atoms with Gasteiger partial charge in [0.25, 0.3) is 0 Å². The lowest BCUT2D eigenvalue weighted by Gasteiger charge is -2.43. The van der Waals surface area contributed by atoms with Gasteiger partial charge in [0, 0.05) is 62.1 Å². The summed E-state index contributed by atoms with van der Waals surface area (Å²) in [5, 5.41) is 2.03. The molecule has 176 valence electrons. The molecule has 0 N–H and O–H groups in total. The molecule has 2 aliphatic rings. The van der Waals surface area contributed by atoms with Gasteiger partial charge < -0.3 is 9.80 Å². The number of rotatable bonds is 5. The Morgan fingerprint density at radius 1 is 1.03 bits per heavy atom. The number of aromatic nitrogens is 1. The largest absolute Gasteiger partial charge is 0.340 e. The smallest absolute Gasteiger partial charge is 0.228 e. The summed E-state index contributed by atoms with van der Waals surface area (Å²) >= 11 is 1.62. The van der Waals surface area contributed by atoms with E-state index in [0.29, 0.717) is 12.8 Å². The van der Waals surface area contributed by atoms with Crippen LogP contribution in [0, 0.1) is 12.8 Å². The first kappa shape index (κ1) is 22.7. The van der Waals surface area contributed by atoms with Gasteiger partial charge >= 0.3 is 0 Å². The highest BCUT2D eigenvalue weighted by Gasteiger charge is 2.43. The molecule has 6 nitrogen and oxygen atoms in total. The number of hydrogen-bond donors (Lipinski definition) is 0. The standard InChI is InChI=1S/C27H30N4O2S/c1-20-4-6-22(7-5-20)31-25(32)9-8-23(26(31)24-3-2-18-34-24)27(33)30-16-14-29(15-17-30)19-21-10-12-28-13-11-21/h2-7,10-13,18,23,26H,8-9,14-17,19H2,1H3. The lowest BCUT2D eigenvalue weighted by molar-refractivity contribution is -0.140. The molecule has 3 aromatic rings. The van der Waals surface area contributed by atoms with E-state index in [1.807, 2.05) is 77.0 Å². The topological polar surface area (TPSA) is 56.8 Å². The van der Waals surface area contributed by atoms with Crippen LogP contribution in [0.3, 0.4) is 0 Å². The second-order valence-corrected chi connectivity index (χ2v) is 10.1. The summed E-state index contributed by atoms with van der Waals surface area (Å²) < 4.78 is 0. The van der Waals surface area contributed by atoms with Crippen molar-refractivity contribution in [2.45, 2.75) is 32.4 Å². The summed E-state index contributed by atoms with van der Waals surface area (Å²) in [6.07, 6.45) is 4.64. The van der Waals surface area contributed by atoms with Gasteiger partial charge in [0.05, 0.1) is 12.0 Å². The minimum absolute atomic E-state index is 0.0912. The van der Waals surface area contributed by atoms with Crippen LogP contribution in [0.1, 0.15) is 34.9 Å². The zero-order chi connectivity index (χ0) is 23.5. The summed E-state index contributed by atoms with van der Waals surface area (Å²) in [7, 11) is 0. The fraction of sp³-hybridized carbons (Fsp3) is 0.370. The van der Waals surface area contributed by atoms with Gasteiger partial charge in [-0.2, -0.15) is 0 Å². The second-order valence-electron chi connectivity index (χ2n) is 9.16. The van der Waals surface area contributed by atoms with Crippen molar-refractivity contribution in [3.63, 3.8) is 0 Å². The molecule has 2 aromatic heterocycles. The number of nitrogens with zero attached hydrogens (tertiary/aromatic N) is 4. The summed E-state index contributed by atoms with van der Waals surface area (Å²) in [4.78, 5) is 38.4. The molecule has 7 heteroatoms. The van der Waals surface area contributed by atoms with Crippen LogP contribution in [0.5, 0.6) is 0 Å². The molecule has 0 bridgehead atoms. The molecule has 2 amide bonds. The quantitative estimate of drug-likeness (QED) is 0.554. The number of thiophene rings is 1. The van der Waals surface area contributed by atoms with Gasteiger partial charge in [-0.1, -0.05) is 23.8 Å². The Kier molecular flexibility index (Phi) is 6.74. The molecule has 2 saturated heterocycles. The number of benzene rings is 1. The minimum Gasteiger partial charge on any atom is -0.340 e. The summed E-state index contributed by atoms with van der Waals surface area (Å²) in [6.45, 7) is 6.06. The Bertz CT molecular complexity index is 1110. The zero-order valence-corrected chi connectivity index (χ0v) is 20.3.